The maximum atomic E-state index is 13.3. The highest BCUT2D eigenvalue weighted by Crippen LogP contribution is 2.33. The summed E-state index contributed by atoms with van der Waals surface area (Å²) in [6.45, 7) is 3.28. The first kappa shape index (κ1) is 22.8. The number of benzene rings is 2. The Morgan fingerprint density at radius 1 is 1.20 bits per heavy atom. The van der Waals surface area contributed by atoms with Crippen LogP contribution in [0.25, 0.3) is 0 Å². The smallest absolute Gasteiger partial charge is 0.414 e. The molecule has 9 heteroatoms. The number of nitrogens with zero attached hydrogens (tertiary/aromatic N) is 3. The van der Waals surface area contributed by atoms with Crippen LogP contribution in [0.5, 0.6) is 11.5 Å². The molecule has 1 unspecified atom stereocenters. The molecule has 5 rings (SSSR count). The number of hydrogen-bond acceptors (Lipinski definition) is 6. The van der Waals surface area contributed by atoms with Crippen molar-refractivity contribution in [1.82, 2.24) is 14.9 Å². The van der Waals surface area contributed by atoms with Crippen molar-refractivity contribution < 1.29 is 23.8 Å². The van der Waals surface area contributed by atoms with Gasteiger partial charge in [0.05, 0.1) is 36.6 Å². The van der Waals surface area contributed by atoms with E-state index < -0.39 is 0 Å². The fourth-order valence-corrected chi connectivity index (χ4v) is 4.70. The standard InChI is InChI=1S/C26H28N4O5/c1-17(22-14-27-16-28-22)35-20-7-8-21(24(13-20)33-2)25(31)29-11-9-19(10-12-29)30-23-6-4-3-5-18(23)15-34-26(30)32/h3-8,13-14,16-17,19H,9-12,15H2,1-2H3,(H,27,28). The molecule has 2 aliphatic heterocycles. The Balaban J connectivity index is 1.26. The van der Waals surface area contributed by atoms with Crippen molar-refractivity contribution in [2.24, 2.45) is 0 Å². The molecule has 0 aliphatic carbocycles. The molecule has 35 heavy (non-hydrogen) atoms. The van der Waals surface area contributed by atoms with Crippen LogP contribution in [0, 0.1) is 0 Å². The number of piperidine rings is 1. The summed E-state index contributed by atoms with van der Waals surface area (Å²) >= 11 is 0. The number of carbonyl (C=O) groups excluding carboxylic acids is 2. The van der Waals surface area contributed by atoms with Gasteiger partial charge in [-0.1, -0.05) is 18.2 Å². The van der Waals surface area contributed by atoms with Gasteiger partial charge in [-0.05, 0) is 38.0 Å². The number of likely N-dealkylation sites (tertiary alicyclic amines) is 1. The number of para-hydroxylation sites is 1. The molecule has 3 aromatic rings. The maximum Gasteiger partial charge on any atom is 0.414 e. The van der Waals surface area contributed by atoms with Gasteiger partial charge in [-0.15, -0.1) is 0 Å². The lowest BCUT2D eigenvalue weighted by atomic mass is 10.00. The molecule has 0 saturated carbocycles. The molecule has 0 radical (unpaired) electrons. The predicted octanol–water partition coefficient (Wildman–Crippen LogP) is 4.32. The number of aromatic nitrogens is 2. The maximum absolute atomic E-state index is 13.3. The van der Waals surface area contributed by atoms with Crippen molar-refractivity contribution in [3.63, 3.8) is 0 Å². The lowest BCUT2D eigenvalue weighted by Crippen LogP contribution is -2.50. The van der Waals surface area contributed by atoms with Crippen LogP contribution in [0.2, 0.25) is 0 Å². The number of nitrogens with one attached hydrogen (secondary N) is 1. The van der Waals surface area contributed by atoms with Crippen molar-refractivity contribution in [2.75, 3.05) is 25.1 Å². The summed E-state index contributed by atoms with van der Waals surface area (Å²) in [4.78, 5) is 36.5. The summed E-state index contributed by atoms with van der Waals surface area (Å²) in [5, 5.41) is 0. The third kappa shape index (κ3) is 4.53. The van der Waals surface area contributed by atoms with Crippen LogP contribution >= 0.6 is 0 Å². The first-order valence-corrected chi connectivity index (χ1v) is 11.7. The van der Waals surface area contributed by atoms with Crippen molar-refractivity contribution in [3.05, 3.63) is 71.8 Å². The third-order valence-corrected chi connectivity index (χ3v) is 6.59. The second-order valence-corrected chi connectivity index (χ2v) is 8.71. The Hall–Kier alpha value is -4.01. The quantitative estimate of drug-likeness (QED) is 0.569. The summed E-state index contributed by atoms with van der Waals surface area (Å²) in [6.07, 6.45) is 4.10. The van der Waals surface area contributed by atoms with E-state index >= 15 is 0 Å². The predicted molar refractivity (Wildman–Crippen MR) is 129 cm³/mol. The molecule has 2 aromatic carbocycles. The van der Waals surface area contributed by atoms with Crippen LogP contribution in [0.1, 0.15) is 47.5 Å². The largest absolute Gasteiger partial charge is 0.496 e. The summed E-state index contributed by atoms with van der Waals surface area (Å²) in [5.74, 6) is 0.955. The number of rotatable bonds is 6. The van der Waals surface area contributed by atoms with Gasteiger partial charge in [-0.3, -0.25) is 9.69 Å². The van der Waals surface area contributed by atoms with Gasteiger partial charge in [0.1, 0.15) is 24.2 Å². The molecule has 0 spiro atoms. The molecule has 9 nitrogen and oxygen atoms in total. The first-order chi connectivity index (χ1) is 17.0. The Kier molecular flexibility index (Phi) is 6.31. The highest BCUT2D eigenvalue weighted by atomic mass is 16.6. The molecule has 1 fully saturated rings. The second kappa shape index (κ2) is 9.69. The molecule has 2 aliphatic rings. The van der Waals surface area contributed by atoms with E-state index in [-0.39, 0.29) is 24.1 Å². The number of methoxy groups -OCH3 is 1. The second-order valence-electron chi connectivity index (χ2n) is 8.71. The number of anilines is 1. The highest BCUT2D eigenvalue weighted by molar-refractivity contribution is 5.97. The number of H-pyrrole nitrogens is 1. The summed E-state index contributed by atoms with van der Waals surface area (Å²) < 4.78 is 16.9. The zero-order chi connectivity index (χ0) is 24.4. The number of aromatic amines is 1. The topological polar surface area (TPSA) is 97.0 Å². The first-order valence-electron chi connectivity index (χ1n) is 11.7. The van der Waals surface area contributed by atoms with E-state index in [4.69, 9.17) is 14.2 Å². The zero-order valence-electron chi connectivity index (χ0n) is 19.8. The molecule has 3 heterocycles. The van der Waals surface area contributed by atoms with Crippen molar-refractivity contribution in [3.8, 4) is 11.5 Å². The molecule has 1 atom stereocenters. The van der Waals surface area contributed by atoms with Crippen LogP contribution in [-0.4, -0.2) is 53.1 Å². The third-order valence-electron chi connectivity index (χ3n) is 6.59. The fourth-order valence-electron chi connectivity index (χ4n) is 4.70. The van der Waals surface area contributed by atoms with Gasteiger partial charge < -0.3 is 24.1 Å². The molecule has 1 aromatic heterocycles. The molecule has 1 N–H and O–H groups in total. The van der Waals surface area contributed by atoms with Crippen LogP contribution in [0.3, 0.4) is 0 Å². The number of ether oxygens (including phenoxy) is 3. The Labute approximate surface area is 203 Å². The number of carbonyl (C=O) groups is 2. The van der Waals surface area contributed by atoms with Crippen LogP contribution in [0.15, 0.2) is 55.0 Å². The molecular formula is C26H28N4O5. The Morgan fingerprint density at radius 2 is 2.00 bits per heavy atom. The Morgan fingerprint density at radius 3 is 2.74 bits per heavy atom. The van der Waals surface area contributed by atoms with Crippen molar-refractivity contribution >= 4 is 17.7 Å². The van der Waals surface area contributed by atoms with Gasteiger partial charge in [-0.2, -0.15) is 0 Å². The van der Waals surface area contributed by atoms with Crippen molar-refractivity contribution in [2.45, 2.75) is 38.5 Å². The fraction of sp³-hybridized carbons (Fsp3) is 0.346. The van der Waals surface area contributed by atoms with E-state index in [1.54, 1.807) is 42.7 Å². The Bertz CT molecular complexity index is 1200. The van der Waals surface area contributed by atoms with Crippen molar-refractivity contribution in [1.29, 1.82) is 0 Å². The van der Waals surface area contributed by atoms with E-state index in [9.17, 15) is 9.59 Å². The lowest BCUT2D eigenvalue weighted by molar-refractivity contribution is 0.0705. The van der Waals surface area contributed by atoms with E-state index in [1.807, 2.05) is 36.1 Å². The molecule has 1 saturated heterocycles. The van der Waals surface area contributed by atoms with E-state index in [0.717, 1.165) is 16.9 Å². The van der Waals surface area contributed by atoms with Gasteiger partial charge in [0.25, 0.3) is 5.91 Å². The number of imidazole rings is 1. The SMILES string of the molecule is COc1cc(OC(C)c2cnc[nH]2)ccc1C(=O)N1CCC(N2C(=O)OCc3ccccc32)CC1. The van der Waals surface area contributed by atoms with Crippen LogP contribution in [-0.2, 0) is 11.3 Å². The van der Waals surface area contributed by atoms with Gasteiger partial charge >= 0.3 is 6.09 Å². The van der Waals surface area contributed by atoms with E-state index in [1.165, 1.54) is 0 Å². The number of amides is 2. The summed E-state index contributed by atoms with van der Waals surface area (Å²) in [6, 6.07) is 13.0. The molecular weight excluding hydrogens is 448 g/mol. The van der Waals surface area contributed by atoms with Gasteiger partial charge in [0, 0.05) is 30.8 Å². The van der Waals surface area contributed by atoms with Gasteiger partial charge in [-0.25, -0.2) is 9.78 Å². The summed E-state index contributed by atoms with van der Waals surface area (Å²) in [7, 11) is 1.54. The van der Waals surface area contributed by atoms with E-state index in [0.29, 0.717) is 49.6 Å². The highest BCUT2D eigenvalue weighted by Gasteiger charge is 2.35. The minimum absolute atomic E-state index is 0.0189. The normalized spacial score (nSPS) is 16.9. The summed E-state index contributed by atoms with van der Waals surface area (Å²) in [5.41, 5.74) is 3.23. The van der Waals surface area contributed by atoms with Gasteiger partial charge in [0.15, 0.2) is 0 Å². The monoisotopic (exact) mass is 476 g/mol. The average Bonchev–Trinajstić information content (AvgIpc) is 3.44. The number of cyclic esters (lactones) is 1. The molecule has 0 bridgehead atoms. The minimum Gasteiger partial charge on any atom is -0.496 e. The number of hydrogen-bond donors (Lipinski definition) is 1. The van der Waals surface area contributed by atoms with E-state index in [2.05, 4.69) is 9.97 Å². The average molecular weight is 477 g/mol. The van der Waals surface area contributed by atoms with Crippen LogP contribution in [0.4, 0.5) is 10.5 Å². The minimum atomic E-state index is -0.324. The number of fused-ring (bicyclic) bond motifs is 1. The molecule has 182 valence electrons. The zero-order valence-corrected chi connectivity index (χ0v) is 19.8. The van der Waals surface area contributed by atoms with Gasteiger partial charge in [0.2, 0.25) is 0 Å². The van der Waals surface area contributed by atoms with Crippen LogP contribution < -0.4 is 14.4 Å². The lowest BCUT2D eigenvalue weighted by Gasteiger charge is -2.40. The molecule has 2 amide bonds.